The molecule has 0 saturated carbocycles. The summed E-state index contributed by atoms with van der Waals surface area (Å²) < 4.78 is 18.3. The fourth-order valence-electron chi connectivity index (χ4n) is 1.40. The standard InChI is InChI=1S/C13H11ClFNO/c14-13-6-10(15)5-4-9(13)8-17-12-3-1-2-11(16)7-12/h1-7H,8,16H2. The third-order valence-electron chi connectivity index (χ3n) is 2.27. The number of hydrogen-bond donors (Lipinski definition) is 1. The van der Waals surface area contributed by atoms with Crippen LogP contribution in [0, 0.1) is 5.82 Å². The fourth-order valence-corrected chi connectivity index (χ4v) is 1.63. The molecular weight excluding hydrogens is 241 g/mol. The van der Waals surface area contributed by atoms with Gasteiger partial charge in [0, 0.05) is 17.3 Å². The van der Waals surface area contributed by atoms with Gasteiger partial charge in [0.2, 0.25) is 0 Å². The van der Waals surface area contributed by atoms with Crippen LogP contribution in [0.25, 0.3) is 0 Å². The Bertz CT molecular complexity index is 531. The normalized spacial score (nSPS) is 10.2. The number of rotatable bonds is 3. The van der Waals surface area contributed by atoms with Crippen molar-refractivity contribution in [3.8, 4) is 5.75 Å². The first-order valence-corrected chi connectivity index (χ1v) is 5.45. The van der Waals surface area contributed by atoms with E-state index in [1.807, 2.05) is 0 Å². The smallest absolute Gasteiger partial charge is 0.124 e. The number of nitrogens with two attached hydrogens (primary N) is 1. The summed E-state index contributed by atoms with van der Waals surface area (Å²) in [6.07, 6.45) is 0. The zero-order valence-electron chi connectivity index (χ0n) is 8.99. The Morgan fingerprint density at radius 3 is 2.71 bits per heavy atom. The van der Waals surface area contributed by atoms with E-state index < -0.39 is 0 Å². The highest BCUT2D eigenvalue weighted by atomic mass is 35.5. The number of benzene rings is 2. The summed E-state index contributed by atoms with van der Waals surface area (Å²) in [7, 11) is 0. The van der Waals surface area contributed by atoms with Crippen LogP contribution >= 0.6 is 11.6 Å². The molecule has 0 radical (unpaired) electrons. The molecule has 0 aliphatic rings. The van der Waals surface area contributed by atoms with Gasteiger partial charge in [-0.2, -0.15) is 0 Å². The zero-order valence-corrected chi connectivity index (χ0v) is 9.75. The lowest BCUT2D eigenvalue weighted by molar-refractivity contribution is 0.306. The van der Waals surface area contributed by atoms with Gasteiger partial charge in [0.25, 0.3) is 0 Å². The van der Waals surface area contributed by atoms with Crippen LogP contribution in [0.4, 0.5) is 10.1 Å². The zero-order chi connectivity index (χ0) is 12.3. The molecule has 2 rings (SSSR count). The number of nitrogen functional groups attached to an aromatic ring is 1. The van der Waals surface area contributed by atoms with Crippen LogP contribution in [-0.2, 0) is 6.61 Å². The Hall–Kier alpha value is -1.74. The van der Waals surface area contributed by atoms with Crippen LogP contribution in [-0.4, -0.2) is 0 Å². The lowest BCUT2D eigenvalue weighted by Gasteiger charge is -2.08. The summed E-state index contributed by atoms with van der Waals surface area (Å²) in [5.41, 5.74) is 6.99. The van der Waals surface area contributed by atoms with Crippen LogP contribution in [0.5, 0.6) is 5.75 Å². The van der Waals surface area contributed by atoms with Gasteiger partial charge in [-0.15, -0.1) is 0 Å². The fraction of sp³-hybridized carbons (Fsp3) is 0.0769. The maximum Gasteiger partial charge on any atom is 0.124 e. The van der Waals surface area contributed by atoms with Gasteiger partial charge in [0.05, 0.1) is 5.02 Å². The number of ether oxygens (including phenoxy) is 1. The molecule has 17 heavy (non-hydrogen) atoms. The first-order chi connectivity index (χ1) is 8.15. The van der Waals surface area contributed by atoms with Crippen molar-refractivity contribution >= 4 is 17.3 Å². The van der Waals surface area contributed by atoms with Crippen molar-refractivity contribution in [3.63, 3.8) is 0 Å². The first kappa shape index (κ1) is 11.7. The van der Waals surface area contributed by atoms with E-state index in [2.05, 4.69) is 0 Å². The van der Waals surface area contributed by atoms with Crippen LogP contribution in [0.2, 0.25) is 5.02 Å². The Morgan fingerprint density at radius 2 is 2.00 bits per heavy atom. The Kier molecular flexibility index (Phi) is 3.49. The molecule has 88 valence electrons. The molecule has 0 aliphatic carbocycles. The average molecular weight is 252 g/mol. The highest BCUT2D eigenvalue weighted by molar-refractivity contribution is 6.31. The summed E-state index contributed by atoms with van der Waals surface area (Å²) in [6, 6.07) is 11.3. The van der Waals surface area contributed by atoms with E-state index in [0.717, 1.165) is 5.56 Å². The van der Waals surface area contributed by atoms with Gasteiger partial charge in [-0.05, 0) is 24.3 Å². The first-order valence-electron chi connectivity index (χ1n) is 5.07. The summed E-state index contributed by atoms with van der Waals surface area (Å²) in [6.45, 7) is 0.280. The summed E-state index contributed by atoms with van der Waals surface area (Å²) in [4.78, 5) is 0. The van der Waals surface area contributed by atoms with Crippen molar-refractivity contribution in [3.05, 3.63) is 58.9 Å². The van der Waals surface area contributed by atoms with Gasteiger partial charge < -0.3 is 10.5 Å². The minimum atomic E-state index is -0.359. The summed E-state index contributed by atoms with van der Waals surface area (Å²) in [5, 5.41) is 0.355. The van der Waals surface area contributed by atoms with E-state index in [4.69, 9.17) is 22.1 Å². The molecule has 0 aromatic heterocycles. The molecule has 0 fully saturated rings. The minimum absolute atomic E-state index is 0.280. The van der Waals surface area contributed by atoms with Crippen LogP contribution in [0.3, 0.4) is 0 Å². The topological polar surface area (TPSA) is 35.2 Å². The van der Waals surface area contributed by atoms with E-state index in [0.29, 0.717) is 16.5 Å². The van der Waals surface area contributed by atoms with E-state index in [-0.39, 0.29) is 12.4 Å². The average Bonchev–Trinajstić information content (AvgIpc) is 2.28. The molecule has 0 saturated heterocycles. The molecule has 0 heterocycles. The predicted molar refractivity (Wildman–Crippen MR) is 66.6 cm³/mol. The number of hydrogen-bond acceptors (Lipinski definition) is 2. The van der Waals surface area contributed by atoms with Crippen molar-refractivity contribution in [1.82, 2.24) is 0 Å². The molecule has 2 aromatic rings. The second-order valence-corrected chi connectivity index (χ2v) is 4.00. The largest absolute Gasteiger partial charge is 0.489 e. The van der Waals surface area contributed by atoms with E-state index in [1.54, 1.807) is 30.3 Å². The maximum absolute atomic E-state index is 12.8. The van der Waals surface area contributed by atoms with Crippen molar-refractivity contribution < 1.29 is 9.13 Å². The lowest BCUT2D eigenvalue weighted by atomic mass is 10.2. The lowest BCUT2D eigenvalue weighted by Crippen LogP contribution is -1.97. The second-order valence-electron chi connectivity index (χ2n) is 3.60. The van der Waals surface area contributed by atoms with Gasteiger partial charge >= 0.3 is 0 Å². The Labute approximate surface area is 104 Å². The van der Waals surface area contributed by atoms with Crippen molar-refractivity contribution in [1.29, 1.82) is 0 Å². The summed E-state index contributed by atoms with van der Waals surface area (Å²) in [5.74, 6) is 0.299. The molecule has 0 atom stereocenters. The predicted octanol–water partition coefficient (Wildman–Crippen LogP) is 3.64. The monoisotopic (exact) mass is 251 g/mol. The van der Waals surface area contributed by atoms with Gasteiger partial charge in [-0.3, -0.25) is 0 Å². The maximum atomic E-state index is 12.8. The van der Waals surface area contributed by atoms with Gasteiger partial charge in [-0.25, -0.2) is 4.39 Å². The molecule has 2 nitrogen and oxygen atoms in total. The Morgan fingerprint density at radius 1 is 1.18 bits per heavy atom. The van der Waals surface area contributed by atoms with E-state index in [9.17, 15) is 4.39 Å². The Balaban J connectivity index is 2.07. The van der Waals surface area contributed by atoms with Crippen molar-refractivity contribution in [2.45, 2.75) is 6.61 Å². The molecule has 2 aromatic carbocycles. The van der Waals surface area contributed by atoms with E-state index >= 15 is 0 Å². The third kappa shape index (κ3) is 3.11. The van der Waals surface area contributed by atoms with Gasteiger partial charge in [0.15, 0.2) is 0 Å². The van der Waals surface area contributed by atoms with E-state index in [1.165, 1.54) is 12.1 Å². The summed E-state index contributed by atoms with van der Waals surface area (Å²) >= 11 is 5.88. The molecule has 2 N–H and O–H groups in total. The van der Waals surface area contributed by atoms with Crippen LogP contribution in [0.15, 0.2) is 42.5 Å². The second kappa shape index (κ2) is 5.06. The minimum Gasteiger partial charge on any atom is -0.489 e. The molecule has 0 spiro atoms. The highest BCUT2D eigenvalue weighted by Gasteiger charge is 2.03. The molecule has 0 unspecified atom stereocenters. The molecule has 0 aliphatic heterocycles. The van der Waals surface area contributed by atoms with Crippen molar-refractivity contribution in [2.24, 2.45) is 0 Å². The van der Waals surface area contributed by atoms with Crippen LogP contribution < -0.4 is 10.5 Å². The van der Waals surface area contributed by atoms with Gasteiger partial charge in [-0.1, -0.05) is 23.7 Å². The number of halogens is 2. The van der Waals surface area contributed by atoms with Gasteiger partial charge in [0.1, 0.15) is 18.2 Å². The molecule has 0 amide bonds. The highest BCUT2D eigenvalue weighted by Crippen LogP contribution is 2.21. The van der Waals surface area contributed by atoms with Crippen molar-refractivity contribution in [2.75, 3.05) is 5.73 Å². The molecule has 4 heteroatoms. The van der Waals surface area contributed by atoms with Crippen LogP contribution in [0.1, 0.15) is 5.56 Å². The third-order valence-corrected chi connectivity index (χ3v) is 2.62. The molecule has 0 bridgehead atoms. The number of anilines is 1. The SMILES string of the molecule is Nc1cccc(OCc2ccc(F)cc2Cl)c1. The molecular formula is C13H11ClFNO. The quantitative estimate of drug-likeness (QED) is 0.846.